The van der Waals surface area contributed by atoms with Crippen LogP contribution >= 0.6 is 11.3 Å². The Morgan fingerprint density at radius 2 is 1.82 bits per heavy atom. The van der Waals surface area contributed by atoms with Crippen LogP contribution in [0.1, 0.15) is 28.8 Å². The topological polar surface area (TPSA) is 19.4 Å². The summed E-state index contributed by atoms with van der Waals surface area (Å²) in [6, 6.07) is 8.86. The lowest BCUT2D eigenvalue weighted by molar-refractivity contribution is 0.121. The van der Waals surface area contributed by atoms with Gasteiger partial charge >= 0.3 is 0 Å². The highest BCUT2D eigenvalue weighted by Gasteiger charge is 2.17. The molecule has 0 radical (unpaired) electrons. The van der Waals surface area contributed by atoms with Gasteiger partial charge < -0.3 is 0 Å². The van der Waals surface area contributed by atoms with Crippen molar-refractivity contribution in [3.63, 3.8) is 0 Å². The molecule has 0 spiro atoms. The van der Waals surface area contributed by atoms with Gasteiger partial charge in [0.05, 0.1) is 10.7 Å². The van der Waals surface area contributed by atoms with Crippen LogP contribution < -0.4 is 0 Å². The summed E-state index contributed by atoms with van der Waals surface area (Å²) in [5, 5.41) is 3.48. The summed E-state index contributed by atoms with van der Waals surface area (Å²) in [5.41, 5.74) is 4.03. The highest BCUT2D eigenvalue weighted by atomic mass is 32.1. The number of rotatable bonds is 5. The van der Waals surface area contributed by atoms with E-state index in [-0.39, 0.29) is 0 Å². The second-order valence-corrected chi connectivity index (χ2v) is 7.07. The Kier molecular flexibility index (Phi) is 5.24. The van der Waals surface area contributed by atoms with Crippen LogP contribution in [-0.2, 0) is 19.5 Å². The molecule has 3 nitrogen and oxygen atoms in total. The summed E-state index contributed by atoms with van der Waals surface area (Å²) >= 11 is 1.79. The molecule has 0 unspecified atom stereocenters. The van der Waals surface area contributed by atoms with E-state index in [9.17, 15) is 0 Å². The van der Waals surface area contributed by atoms with Gasteiger partial charge in [0.15, 0.2) is 0 Å². The first-order valence-corrected chi connectivity index (χ1v) is 9.04. The van der Waals surface area contributed by atoms with Gasteiger partial charge in [0.25, 0.3) is 0 Å². The molecule has 0 amide bonds. The van der Waals surface area contributed by atoms with Crippen LogP contribution in [0.4, 0.5) is 0 Å². The Hall–Kier alpha value is -1.23. The normalized spacial score (nSPS) is 17.0. The maximum Gasteiger partial charge on any atom is 0.0926 e. The number of thiazole rings is 1. The summed E-state index contributed by atoms with van der Waals surface area (Å²) in [7, 11) is 0. The zero-order chi connectivity index (χ0) is 15.4. The van der Waals surface area contributed by atoms with E-state index in [1.54, 1.807) is 11.3 Å². The minimum Gasteiger partial charge on any atom is -0.297 e. The number of aryl methyl sites for hydroxylation is 2. The third-order valence-corrected chi connectivity index (χ3v) is 5.28. The molecule has 0 atom stereocenters. The summed E-state index contributed by atoms with van der Waals surface area (Å²) in [4.78, 5) is 9.77. The smallest absolute Gasteiger partial charge is 0.0926 e. The van der Waals surface area contributed by atoms with Gasteiger partial charge in [-0.1, -0.05) is 36.8 Å². The maximum absolute atomic E-state index is 4.68. The summed E-state index contributed by atoms with van der Waals surface area (Å²) < 4.78 is 0. The molecule has 3 rings (SSSR count). The first-order valence-electron chi connectivity index (χ1n) is 8.16. The minimum atomic E-state index is 1.01. The Morgan fingerprint density at radius 1 is 1.09 bits per heavy atom. The molecule has 2 heterocycles. The van der Waals surface area contributed by atoms with Crippen LogP contribution in [0.5, 0.6) is 0 Å². The molecule has 22 heavy (non-hydrogen) atoms. The predicted molar refractivity (Wildman–Crippen MR) is 93.2 cm³/mol. The zero-order valence-corrected chi connectivity index (χ0v) is 14.4. The summed E-state index contributed by atoms with van der Waals surface area (Å²) in [5.74, 6) is 0. The summed E-state index contributed by atoms with van der Waals surface area (Å²) in [6.45, 7) is 11.0. The van der Waals surface area contributed by atoms with Crippen molar-refractivity contribution in [1.82, 2.24) is 14.8 Å². The third kappa shape index (κ3) is 4.15. The van der Waals surface area contributed by atoms with Gasteiger partial charge in [0.2, 0.25) is 0 Å². The number of aromatic nitrogens is 1. The molecular formula is C18H25N3S. The molecule has 1 fully saturated rings. The van der Waals surface area contributed by atoms with Crippen LogP contribution in [0, 0.1) is 6.92 Å². The van der Waals surface area contributed by atoms with E-state index >= 15 is 0 Å². The van der Waals surface area contributed by atoms with Gasteiger partial charge in [0.1, 0.15) is 0 Å². The Labute approximate surface area is 137 Å². The lowest BCUT2D eigenvalue weighted by atomic mass is 10.1. The predicted octanol–water partition coefficient (Wildman–Crippen LogP) is 3.33. The quantitative estimate of drug-likeness (QED) is 0.843. The molecule has 118 valence electrons. The second kappa shape index (κ2) is 7.36. The highest BCUT2D eigenvalue weighted by Crippen LogP contribution is 2.15. The van der Waals surface area contributed by atoms with E-state index in [0.29, 0.717) is 0 Å². The molecule has 1 aromatic carbocycles. The number of hydrogen-bond donors (Lipinski definition) is 0. The van der Waals surface area contributed by atoms with Crippen molar-refractivity contribution in [2.24, 2.45) is 0 Å². The van der Waals surface area contributed by atoms with Crippen molar-refractivity contribution in [1.29, 1.82) is 0 Å². The Balaban J connectivity index is 1.47. The van der Waals surface area contributed by atoms with E-state index in [2.05, 4.69) is 58.3 Å². The Bertz CT molecular complexity index is 600. The average molecular weight is 315 g/mol. The van der Waals surface area contributed by atoms with Crippen molar-refractivity contribution in [3.8, 4) is 0 Å². The van der Waals surface area contributed by atoms with E-state index < -0.39 is 0 Å². The van der Waals surface area contributed by atoms with Gasteiger partial charge in [-0.2, -0.15) is 0 Å². The molecule has 1 aromatic heterocycles. The molecule has 4 heteroatoms. The van der Waals surface area contributed by atoms with Gasteiger partial charge in [-0.3, -0.25) is 9.80 Å². The first kappa shape index (κ1) is 15.7. The minimum absolute atomic E-state index is 1.01. The molecule has 2 aromatic rings. The highest BCUT2D eigenvalue weighted by molar-refractivity contribution is 7.09. The summed E-state index contributed by atoms with van der Waals surface area (Å²) in [6.07, 6.45) is 1.05. The maximum atomic E-state index is 4.68. The molecule has 0 N–H and O–H groups in total. The molecular weight excluding hydrogens is 290 g/mol. The van der Waals surface area contributed by atoms with Crippen molar-refractivity contribution in [3.05, 3.63) is 51.5 Å². The van der Waals surface area contributed by atoms with Crippen LogP contribution in [0.3, 0.4) is 0 Å². The van der Waals surface area contributed by atoms with E-state index in [1.165, 1.54) is 21.8 Å². The lowest BCUT2D eigenvalue weighted by Crippen LogP contribution is -2.45. The van der Waals surface area contributed by atoms with Crippen molar-refractivity contribution < 1.29 is 0 Å². The largest absolute Gasteiger partial charge is 0.297 e. The van der Waals surface area contributed by atoms with Gasteiger partial charge in [-0.25, -0.2) is 4.98 Å². The van der Waals surface area contributed by atoms with E-state index in [1.807, 2.05) is 0 Å². The van der Waals surface area contributed by atoms with Crippen molar-refractivity contribution in [2.45, 2.75) is 33.4 Å². The molecule has 1 saturated heterocycles. The van der Waals surface area contributed by atoms with Crippen LogP contribution in [-0.4, -0.2) is 41.0 Å². The molecule has 0 aliphatic carbocycles. The van der Waals surface area contributed by atoms with E-state index in [0.717, 1.165) is 45.7 Å². The van der Waals surface area contributed by atoms with Crippen LogP contribution in [0.25, 0.3) is 0 Å². The van der Waals surface area contributed by atoms with Crippen LogP contribution in [0.2, 0.25) is 0 Å². The zero-order valence-electron chi connectivity index (χ0n) is 13.6. The molecule has 1 aliphatic heterocycles. The number of hydrogen-bond acceptors (Lipinski definition) is 4. The van der Waals surface area contributed by atoms with E-state index in [4.69, 9.17) is 0 Å². The number of benzene rings is 1. The SMILES string of the molecule is CCc1nc(CN2CCN(Cc3cccc(C)c3)CC2)cs1. The van der Waals surface area contributed by atoms with Crippen molar-refractivity contribution >= 4 is 11.3 Å². The monoisotopic (exact) mass is 315 g/mol. The van der Waals surface area contributed by atoms with Gasteiger partial charge in [-0.15, -0.1) is 11.3 Å². The fourth-order valence-corrected chi connectivity index (χ4v) is 3.72. The average Bonchev–Trinajstić information content (AvgIpc) is 2.97. The molecule has 1 aliphatic rings. The molecule has 0 bridgehead atoms. The number of piperazine rings is 1. The fraction of sp³-hybridized carbons (Fsp3) is 0.500. The lowest BCUT2D eigenvalue weighted by Gasteiger charge is -2.34. The molecule has 0 saturated carbocycles. The van der Waals surface area contributed by atoms with Gasteiger partial charge in [-0.05, 0) is 18.9 Å². The standard InChI is InChI=1S/C18H25N3S/c1-3-18-19-17(14-22-18)13-21-9-7-20(8-10-21)12-16-6-4-5-15(2)11-16/h4-6,11,14H,3,7-10,12-13H2,1-2H3. The number of nitrogens with zero attached hydrogens (tertiary/aromatic N) is 3. The first-order chi connectivity index (χ1) is 10.7. The van der Waals surface area contributed by atoms with Gasteiger partial charge in [0, 0.05) is 44.6 Å². The van der Waals surface area contributed by atoms with Crippen molar-refractivity contribution in [2.75, 3.05) is 26.2 Å². The fourth-order valence-electron chi connectivity index (χ4n) is 2.99. The second-order valence-electron chi connectivity index (χ2n) is 6.13. The van der Waals surface area contributed by atoms with Crippen LogP contribution in [0.15, 0.2) is 29.6 Å². The Morgan fingerprint density at radius 3 is 2.45 bits per heavy atom. The third-order valence-electron chi connectivity index (χ3n) is 4.24.